The highest BCUT2D eigenvalue weighted by molar-refractivity contribution is 9.10. The van der Waals surface area contributed by atoms with E-state index >= 15 is 0 Å². The van der Waals surface area contributed by atoms with E-state index in [9.17, 15) is 8.42 Å². The molecule has 18 heavy (non-hydrogen) atoms. The fraction of sp³-hybridized carbons (Fsp3) is 0.0833. The number of pyridine rings is 1. The molecule has 0 radical (unpaired) electrons. The van der Waals surface area contributed by atoms with Crippen LogP contribution in [0, 0.1) is 0 Å². The maximum atomic E-state index is 11.4. The summed E-state index contributed by atoms with van der Waals surface area (Å²) in [5.41, 5.74) is 7.39. The van der Waals surface area contributed by atoms with Gasteiger partial charge < -0.3 is 5.73 Å². The highest BCUT2D eigenvalue weighted by Gasteiger charge is 2.09. The minimum absolute atomic E-state index is 0.285. The maximum Gasteiger partial charge on any atom is 0.175 e. The first kappa shape index (κ1) is 13.0. The SMILES string of the molecule is CS(=O)(=O)c1ccc(-c2cc(Br)cnc2N)cc1. The number of nitrogens with zero attached hydrogens (tertiary/aromatic N) is 1. The van der Waals surface area contributed by atoms with Crippen molar-refractivity contribution in [3.63, 3.8) is 0 Å². The van der Waals surface area contributed by atoms with Crippen molar-refractivity contribution >= 4 is 31.6 Å². The van der Waals surface area contributed by atoms with Gasteiger partial charge in [0.1, 0.15) is 5.82 Å². The lowest BCUT2D eigenvalue weighted by Crippen LogP contribution is -1.97. The molecule has 0 unspecified atom stereocenters. The molecule has 0 saturated heterocycles. The highest BCUT2D eigenvalue weighted by atomic mass is 79.9. The van der Waals surface area contributed by atoms with Gasteiger partial charge in [0.25, 0.3) is 0 Å². The van der Waals surface area contributed by atoms with E-state index < -0.39 is 9.84 Å². The van der Waals surface area contributed by atoms with E-state index in [4.69, 9.17) is 5.73 Å². The Morgan fingerprint density at radius 1 is 1.22 bits per heavy atom. The van der Waals surface area contributed by atoms with E-state index in [1.165, 1.54) is 6.26 Å². The van der Waals surface area contributed by atoms with Crippen LogP contribution in [0.3, 0.4) is 0 Å². The third kappa shape index (κ3) is 2.70. The van der Waals surface area contributed by atoms with Crippen LogP contribution in [-0.2, 0) is 9.84 Å². The van der Waals surface area contributed by atoms with Crippen LogP contribution in [0.25, 0.3) is 11.1 Å². The fourth-order valence-corrected chi connectivity index (χ4v) is 2.52. The standard InChI is InChI=1S/C12H11BrN2O2S/c1-18(16,17)10-4-2-8(3-5-10)11-6-9(13)7-15-12(11)14/h2-7H,1H3,(H2,14,15). The van der Waals surface area contributed by atoms with Crippen molar-refractivity contribution in [3.8, 4) is 11.1 Å². The summed E-state index contributed by atoms with van der Waals surface area (Å²) in [6.07, 6.45) is 2.79. The second-order valence-corrected chi connectivity index (χ2v) is 6.81. The first-order valence-electron chi connectivity index (χ1n) is 5.09. The molecule has 2 N–H and O–H groups in total. The molecule has 6 heteroatoms. The molecule has 94 valence electrons. The number of nitrogen functional groups attached to an aromatic ring is 1. The first-order valence-corrected chi connectivity index (χ1v) is 7.78. The van der Waals surface area contributed by atoms with Crippen LogP contribution in [0.4, 0.5) is 5.82 Å². The van der Waals surface area contributed by atoms with E-state index in [-0.39, 0.29) is 4.90 Å². The van der Waals surface area contributed by atoms with Crippen LogP contribution < -0.4 is 5.73 Å². The van der Waals surface area contributed by atoms with Gasteiger partial charge in [-0.15, -0.1) is 0 Å². The zero-order valence-electron chi connectivity index (χ0n) is 9.59. The van der Waals surface area contributed by atoms with Crippen molar-refractivity contribution < 1.29 is 8.42 Å². The van der Waals surface area contributed by atoms with Gasteiger partial charge in [0, 0.05) is 22.5 Å². The molecule has 0 aliphatic carbocycles. The molecule has 0 spiro atoms. The Labute approximate surface area is 114 Å². The summed E-state index contributed by atoms with van der Waals surface area (Å²) in [6.45, 7) is 0. The molecule has 0 amide bonds. The van der Waals surface area contributed by atoms with Crippen molar-refractivity contribution in [1.29, 1.82) is 0 Å². The molecule has 0 aliphatic heterocycles. The molecule has 1 aromatic heterocycles. The van der Waals surface area contributed by atoms with Gasteiger partial charge in [-0.25, -0.2) is 13.4 Å². The molecular weight excluding hydrogens is 316 g/mol. The minimum Gasteiger partial charge on any atom is -0.383 e. The van der Waals surface area contributed by atoms with Gasteiger partial charge in [0.05, 0.1) is 4.90 Å². The Kier molecular flexibility index (Phi) is 3.41. The first-order chi connectivity index (χ1) is 8.38. The van der Waals surface area contributed by atoms with Gasteiger partial charge in [0.2, 0.25) is 0 Å². The Morgan fingerprint density at radius 3 is 2.39 bits per heavy atom. The van der Waals surface area contributed by atoms with Crippen LogP contribution in [0.2, 0.25) is 0 Å². The quantitative estimate of drug-likeness (QED) is 0.920. The van der Waals surface area contributed by atoms with Crippen LogP contribution in [0.15, 0.2) is 45.9 Å². The van der Waals surface area contributed by atoms with Crippen molar-refractivity contribution in [2.24, 2.45) is 0 Å². The molecule has 1 aromatic carbocycles. The topological polar surface area (TPSA) is 73.0 Å². The minimum atomic E-state index is -3.18. The molecule has 4 nitrogen and oxygen atoms in total. The fourth-order valence-electron chi connectivity index (χ4n) is 1.56. The van der Waals surface area contributed by atoms with Crippen LogP contribution >= 0.6 is 15.9 Å². The second kappa shape index (κ2) is 4.70. The Hall–Kier alpha value is -1.40. The van der Waals surface area contributed by atoms with Gasteiger partial charge in [0.15, 0.2) is 9.84 Å². The lowest BCUT2D eigenvalue weighted by Gasteiger charge is -2.06. The van der Waals surface area contributed by atoms with E-state index in [1.54, 1.807) is 30.5 Å². The van der Waals surface area contributed by atoms with Gasteiger partial charge in [-0.2, -0.15) is 0 Å². The Balaban J connectivity index is 2.50. The number of benzene rings is 1. The largest absolute Gasteiger partial charge is 0.383 e. The van der Waals surface area contributed by atoms with Gasteiger partial charge in [-0.1, -0.05) is 12.1 Å². The molecule has 0 aliphatic rings. The monoisotopic (exact) mass is 326 g/mol. The Bertz CT molecular complexity index is 682. The van der Waals surface area contributed by atoms with Crippen molar-refractivity contribution in [2.45, 2.75) is 4.90 Å². The number of hydrogen-bond acceptors (Lipinski definition) is 4. The average Bonchev–Trinajstić information content (AvgIpc) is 2.31. The summed E-state index contributed by atoms with van der Waals surface area (Å²) in [6, 6.07) is 8.40. The van der Waals surface area contributed by atoms with Crippen LogP contribution in [-0.4, -0.2) is 19.7 Å². The number of rotatable bonds is 2. The number of halogens is 1. The molecule has 2 aromatic rings. The second-order valence-electron chi connectivity index (χ2n) is 3.88. The number of aromatic nitrogens is 1. The summed E-state index contributed by atoms with van der Waals surface area (Å²) < 4.78 is 23.5. The normalized spacial score (nSPS) is 11.4. The van der Waals surface area contributed by atoms with Crippen molar-refractivity contribution in [1.82, 2.24) is 4.98 Å². The molecule has 1 heterocycles. The summed E-state index contributed by atoms with van der Waals surface area (Å²) in [5.74, 6) is 0.408. The summed E-state index contributed by atoms with van der Waals surface area (Å²) in [5, 5.41) is 0. The predicted molar refractivity (Wildman–Crippen MR) is 74.9 cm³/mol. The molecule has 0 saturated carbocycles. The molecule has 0 atom stereocenters. The lowest BCUT2D eigenvalue weighted by atomic mass is 10.1. The smallest absolute Gasteiger partial charge is 0.175 e. The molecule has 2 rings (SSSR count). The van der Waals surface area contributed by atoms with Gasteiger partial charge in [-0.05, 0) is 39.7 Å². The third-order valence-electron chi connectivity index (χ3n) is 2.48. The predicted octanol–water partition coefficient (Wildman–Crippen LogP) is 2.50. The molecule has 0 fully saturated rings. The van der Waals surface area contributed by atoms with E-state index in [0.29, 0.717) is 5.82 Å². The van der Waals surface area contributed by atoms with Crippen molar-refractivity contribution in [3.05, 3.63) is 41.0 Å². The van der Waals surface area contributed by atoms with E-state index in [0.717, 1.165) is 15.6 Å². The number of hydrogen-bond donors (Lipinski definition) is 1. The van der Waals surface area contributed by atoms with Gasteiger partial charge >= 0.3 is 0 Å². The maximum absolute atomic E-state index is 11.4. The zero-order valence-corrected chi connectivity index (χ0v) is 12.0. The lowest BCUT2D eigenvalue weighted by molar-refractivity contribution is 0.602. The number of anilines is 1. The van der Waals surface area contributed by atoms with Crippen molar-refractivity contribution in [2.75, 3.05) is 12.0 Å². The molecular formula is C12H11BrN2O2S. The Morgan fingerprint density at radius 2 is 1.83 bits per heavy atom. The molecule has 0 bridgehead atoms. The van der Waals surface area contributed by atoms with Crippen LogP contribution in [0.5, 0.6) is 0 Å². The third-order valence-corrected chi connectivity index (χ3v) is 4.04. The number of nitrogens with two attached hydrogens (primary N) is 1. The van der Waals surface area contributed by atoms with E-state index in [1.807, 2.05) is 6.07 Å². The average molecular weight is 327 g/mol. The summed E-state index contributed by atoms with van der Waals surface area (Å²) in [7, 11) is -3.18. The van der Waals surface area contributed by atoms with Crippen LogP contribution in [0.1, 0.15) is 0 Å². The summed E-state index contributed by atoms with van der Waals surface area (Å²) in [4.78, 5) is 4.32. The van der Waals surface area contributed by atoms with Gasteiger partial charge in [-0.3, -0.25) is 0 Å². The van der Waals surface area contributed by atoms with E-state index in [2.05, 4.69) is 20.9 Å². The zero-order chi connectivity index (χ0) is 13.3. The summed E-state index contributed by atoms with van der Waals surface area (Å²) >= 11 is 3.33. The number of sulfone groups is 1. The highest BCUT2D eigenvalue weighted by Crippen LogP contribution is 2.27.